The van der Waals surface area contributed by atoms with Crippen LogP contribution in [0.15, 0.2) is 22.7 Å². The minimum Gasteiger partial charge on any atom is -0.340 e. The number of hydrogen-bond acceptors (Lipinski definition) is 4. The molecule has 3 rings (SSSR count). The molecule has 0 fully saturated rings. The normalized spacial score (nSPS) is 11.3. The van der Waals surface area contributed by atoms with Crippen LogP contribution in [0.3, 0.4) is 0 Å². The van der Waals surface area contributed by atoms with Crippen LogP contribution >= 0.6 is 11.6 Å². The number of fused-ring (bicyclic) bond motifs is 1. The zero-order valence-corrected chi connectivity index (χ0v) is 12.2. The molecule has 0 unspecified atom stereocenters. The number of imidazole rings is 1. The summed E-state index contributed by atoms with van der Waals surface area (Å²) in [7, 11) is 0. The van der Waals surface area contributed by atoms with Gasteiger partial charge in [0.05, 0.1) is 17.6 Å². The molecule has 0 aliphatic carbocycles. The van der Waals surface area contributed by atoms with E-state index in [1.165, 1.54) is 5.56 Å². The Balaban J connectivity index is 2.09. The van der Waals surface area contributed by atoms with E-state index in [-0.39, 0.29) is 0 Å². The molecule has 1 aromatic carbocycles. The van der Waals surface area contributed by atoms with Gasteiger partial charge in [-0.2, -0.15) is 4.98 Å². The van der Waals surface area contributed by atoms with Gasteiger partial charge in [-0.25, -0.2) is 4.98 Å². The van der Waals surface area contributed by atoms with Crippen LogP contribution in [0.25, 0.3) is 11.0 Å². The summed E-state index contributed by atoms with van der Waals surface area (Å²) in [5.74, 6) is 2.70. The molecule has 5 nitrogen and oxygen atoms in total. The number of alkyl halides is 1. The largest absolute Gasteiger partial charge is 0.340 e. The molecule has 20 heavy (non-hydrogen) atoms. The van der Waals surface area contributed by atoms with Crippen LogP contribution in [0.1, 0.15) is 23.1 Å². The van der Waals surface area contributed by atoms with Gasteiger partial charge in [-0.15, -0.1) is 11.6 Å². The van der Waals surface area contributed by atoms with E-state index in [2.05, 4.69) is 38.7 Å². The first-order valence-corrected chi connectivity index (χ1v) is 7.02. The third kappa shape index (κ3) is 2.41. The van der Waals surface area contributed by atoms with Gasteiger partial charge >= 0.3 is 0 Å². The van der Waals surface area contributed by atoms with Crippen molar-refractivity contribution in [2.45, 2.75) is 26.8 Å². The summed E-state index contributed by atoms with van der Waals surface area (Å²) < 4.78 is 7.13. The van der Waals surface area contributed by atoms with Crippen LogP contribution < -0.4 is 0 Å². The molecule has 0 atom stereocenters. The highest BCUT2D eigenvalue weighted by Gasteiger charge is 2.13. The number of hydrogen-bond donors (Lipinski definition) is 0. The summed E-state index contributed by atoms with van der Waals surface area (Å²) in [6.45, 7) is 4.40. The molecular weight excluding hydrogens is 276 g/mol. The van der Waals surface area contributed by atoms with Gasteiger partial charge < -0.3 is 9.09 Å². The van der Waals surface area contributed by atoms with E-state index in [0.717, 1.165) is 16.9 Å². The Morgan fingerprint density at radius 3 is 2.80 bits per heavy atom. The SMILES string of the molecule is Cc1ccc2nc(CCCl)n(Cc3noc(C)n3)c2c1. The Kier molecular flexibility index (Phi) is 3.44. The Labute approximate surface area is 121 Å². The molecule has 0 bridgehead atoms. The standard InChI is InChI=1S/C14H15ClN4O/c1-9-3-4-11-12(7-9)19(14(17-11)5-6-15)8-13-16-10(2)20-18-13/h3-4,7H,5-6,8H2,1-2H3. The smallest absolute Gasteiger partial charge is 0.223 e. The second-order valence-corrected chi connectivity index (χ2v) is 5.15. The van der Waals surface area contributed by atoms with Gasteiger partial charge in [0.1, 0.15) is 5.82 Å². The first-order chi connectivity index (χ1) is 9.67. The van der Waals surface area contributed by atoms with Crippen LogP contribution in [-0.4, -0.2) is 25.6 Å². The molecule has 6 heteroatoms. The maximum absolute atomic E-state index is 5.87. The molecule has 0 spiro atoms. The Morgan fingerprint density at radius 2 is 2.10 bits per heavy atom. The summed E-state index contributed by atoms with van der Waals surface area (Å²) in [5, 5.41) is 3.95. The van der Waals surface area contributed by atoms with Crippen molar-refractivity contribution in [3.63, 3.8) is 0 Å². The van der Waals surface area contributed by atoms with Crippen molar-refractivity contribution in [3.05, 3.63) is 41.3 Å². The maximum atomic E-state index is 5.87. The van der Waals surface area contributed by atoms with Crippen LogP contribution in [0.5, 0.6) is 0 Å². The molecule has 104 valence electrons. The highest BCUT2D eigenvalue weighted by Crippen LogP contribution is 2.19. The minimum atomic E-state index is 0.535. The molecule has 0 saturated heterocycles. The number of benzene rings is 1. The van der Waals surface area contributed by atoms with E-state index in [4.69, 9.17) is 16.1 Å². The van der Waals surface area contributed by atoms with Gasteiger partial charge in [0, 0.05) is 19.2 Å². The first-order valence-electron chi connectivity index (χ1n) is 6.48. The van der Waals surface area contributed by atoms with Crippen molar-refractivity contribution in [1.29, 1.82) is 0 Å². The van der Waals surface area contributed by atoms with E-state index in [0.29, 0.717) is 30.6 Å². The monoisotopic (exact) mass is 290 g/mol. The number of aromatic nitrogens is 4. The average molecular weight is 291 g/mol. The number of halogens is 1. The quantitative estimate of drug-likeness (QED) is 0.693. The molecule has 3 aromatic rings. The third-order valence-electron chi connectivity index (χ3n) is 3.17. The molecule has 0 N–H and O–H groups in total. The fourth-order valence-corrected chi connectivity index (χ4v) is 2.45. The molecular formula is C14H15ClN4O. The highest BCUT2D eigenvalue weighted by molar-refractivity contribution is 6.17. The van der Waals surface area contributed by atoms with Crippen molar-refractivity contribution in [2.24, 2.45) is 0 Å². The zero-order valence-electron chi connectivity index (χ0n) is 11.4. The third-order valence-corrected chi connectivity index (χ3v) is 3.36. The summed E-state index contributed by atoms with van der Waals surface area (Å²) in [4.78, 5) is 8.90. The molecule has 0 aliphatic rings. The summed E-state index contributed by atoms with van der Waals surface area (Å²) in [6.07, 6.45) is 0.714. The molecule has 2 aromatic heterocycles. The van der Waals surface area contributed by atoms with Gasteiger partial charge in [0.15, 0.2) is 5.82 Å². The van der Waals surface area contributed by atoms with E-state index in [9.17, 15) is 0 Å². The lowest BCUT2D eigenvalue weighted by molar-refractivity contribution is 0.386. The second kappa shape index (κ2) is 5.25. The lowest BCUT2D eigenvalue weighted by Gasteiger charge is -2.05. The van der Waals surface area contributed by atoms with Crippen LogP contribution in [0, 0.1) is 13.8 Å². The molecule has 0 amide bonds. The second-order valence-electron chi connectivity index (χ2n) is 4.77. The zero-order chi connectivity index (χ0) is 14.1. The number of nitrogens with zero attached hydrogens (tertiary/aromatic N) is 4. The van der Waals surface area contributed by atoms with Crippen molar-refractivity contribution in [3.8, 4) is 0 Å². The summed E-state index contributed by atoms with van der Waals surface area (Å²) >= 11 is 5.87. The summed E-state index contributed by atoms with van der Waals surface area (Å²) in [6, 6.07) is 6.20. The van der Waals surface area contributed by atoms with Gasteiger partial charge in [-0.1, -0.05) is 11.2 Å². The Hall–Kier alpha value is -1.88. The van der Waals surface area contributed by atoms with Crippen LogP contribution in [-0.2, 0) is 13.0 Å². The van der Waals surface area contributed by atoms with Crippen molar-refractivity contribution >= 4 is 22.6 Å². The predicted octanol–water partition coefficient (Wildman–Crippen LogP) is 2.87. The van der Waals surface area contributed by atoms with Gasteiger partial charge in [0.25, 0.3) is 0 Å². The number of aryl methyl sites for hydroxylation is 3. The van der Waals surface area contributed by atoms with Crippen LogP contribution in [0.4, 0.5) is 0 Å². The molecule has 2 heterocycles. The van der Waals surface area contributed by atoms with E-state index in [1.807, 2.05) is 6.07 Å². The minimum absolute atomic E-state index is 0.535. The lowest BCUT2D eigenvalue weighted by atomic mass is 10.2. The molecule has 0 radical (unpaired) electrons. The Bertz CT molecular complexity index is 747. The summed E-state index contributed by atoms with van der Waals surface area (Å²) in [5.41, 5.74) is 3.24. The Morgan fingerprint density at radius 1 is 1.25 bits per heavy atom. The van der Waals surface area contributed by atoms with E-state index >= 15 is 0 Å². The van der Waals surface area contributed by atoms with Crippen molar-refractivity contribution < 1.29 is 4.52 Å². The average Bonchev–Trinajstić information content (AvgIpc) is 2.96. The highest BCUT2D eigenvalue weighted by atomic mass is 35.5. The topological polar surface area (TPSA) is 56.7 Å². The fourth-order valence-electron chi connectivity index (χ4n) is 2.28. The van der Waals surface area contributed by atoms with E-state index < -0.39 is 0 Å². The lowest BCUT2D eigenvalue weighted by Crippen LogP contribution is -2.07. The molecule has 0 aliphatic heterocycles. The predicted molar refractivity (Wildman–Crippen MR) is 77.0 cm³/mol. The molecule has 0 saturated carbocycles. The fraction of sp³-hybridized carbons (Fsp3) is 0.357. The van der Waals surface area contributed by atoms with Gasteiger partial charge in [-0.05, 0) is 24.6 Å². The van der Waals surface area contributed by atoms with Crippen molar-refractivity contribution in [1.82, 2.24) is 19.7 Å². The van der Waals surface area contributed by atoms with Gasteiger partial charge in [-0.3, -0.25) is 0 Å². The maximum Gasteiger partial charge on any atom is 0.223 e. The van der Waals surface area contributed by atoms with Crippen LogP contribution in [0.2, 0.25) is 0 Å². The van der Waals surface area contributed by atoms with Crippen molar-refractivity contribution in [2.75, 3.05) is 5.88 Å². The first kappa shape index (κ1) is 13.1. The van der Waals surface area contributed by atoms with E-state index in [1.54, 1.807) is 6.92 Å². The number of rotatable bonds is 4. The van der Waals surface area contributed by atoms with Gasteiger partial charge in [0.2, 0.25) is 5.89 Å².